The second-order valence-electron chi connectivity index (χ2n) is 4.36. The Hall–Kier alpha value is -1.47. The summed E-state index contributed by atoms with van der Waals surface area (Å²) in [5.41, 5.74) is 1.60. The zero-order valence-electron chi connectivity index (χ0n) is 9.55. The molecule has 1 aliphatic rings. The molecular weight excluding hydrogens is 236 g/mol. The minimum atomic E-state index is -1.09. The molecule has 4 atom stereocenters. The van der Waals surface area contributed by atoms with E-state index in [4.69, 9.17) is 9.84 Å². The quantitative estimate of drug-likeness (QED) is 0.678. The summed E-state index contributed by atoms with van der Waals surface area (Å²) >= 11 is 0. The summed E-state index contributed by atoms with van der Waals surface area (Å²) in [5.74, 6) is 0. The molecule has 0 spiro atoms. The number of fused-ring (bicyclic) bond motifs is 1. The fourth-order valence-corrected chi connectivity index (χ4v) is 2.32. The van der Waals surface area contributed by atoms with Gasteiger partial charge < -0.3 is 24.6 Å². The van der Waals surface area contributed by atoms with Gasteiger partial charge in [0.25, 0.3) is 0 Å². The third-order valence-corrected chi connectivity index (χ3v) is 3.28. The van der Waals surface area contributed by atoms with Gasteiger partial charge in [-0.05, 0) is 18.2 Å². The number of aliphatic hydroxyl groups excluding tert-OH is 3. The largest absolute Gasteiger partial charge is 0.394 e. The first-order valence-corrected chi connectivity index (χ1v) is 5.76. The van der Waals surface area contributed by atoms with E-state index >= 15 is 0 Å². The van der Waals surface area contributed by atoms with Gasteiger partial charge in [-0.2, -0.15) is 0 Å². The van der Waals surface area contributed by atoms with Crippen LogP contribution >= 0.6 is 0 Å². The van der Waals surface area contributed by atoms with Crippen LogP contribution in [0.2, 0.25) is 0 Å². The van der Waals surface area contributed by atoms with Crippen molar-refractivity contribution in [2.24, 2.45) is 0 Å². The lowest BCUT2D eigenvalue weighted by Gasteiger charge is -2.17. The molecule has 96 valence electrons. The maximum absolute atomic E-state index is 9.96. The molecule has 2 aromatic heterocycles. The van der Waals surface area contributed by atoms with E-state index in [0.717, 1.165) is 11.0 Å². The number of pyridine rings is 1. The molecule has 3 N–H and O–H groups in total. The van der Waals surface area contributed by atoms with Gasteiger partial charge >= 0.3 is 0 Å². The summed E-state index contributed by atoms with van der Waals surface area (Å²) < 4.78 is 7.19. The van der Waals surface area contributed by atoms with Crippen LogP contribution in [0.25, 0.3) is 11.0 Å². The summed E-state index contributed by atoms with van der Waals surface area (Å²) in [6, 6.07) is 5.46. The Morgan fingerprint density at radius 2 is 2.11 bits per heavy atom. The molecule has 6 heteroatoms. The third kappa shape index (κ3) is 1.62. The van der Waals surface area contributed by atoms with E-state index in [1.807, 2.05) is 12.1 Å². The van der Waals surface area contributed by atoms with Crippen LogP contribution in [-0.4, -0.2) is 49.8 Å². The van der Waals surface area contributed by atoms with Crippen molar-refractivity contribution in [3.63, 3.8) is 0 Å². The smallest absolute Gasteiger partial charge is 0.163 e. The van der Waals surface area contributed by atoms with Gasteiger partial charge in [0.05, 0.1) is 17.6 Å². The number of aliphatic hydroxyl groups is 3. The van der Waals surface area contributed by atoms with Gasteiger partial charge in [-0.1, -0.05) is 0 Å². The van der Waals surface area contributed by atoms with Crippen LogP contribution in [0, 0.1) is 0 Å². The number of nitrogens with zero attached hydrogens (tertiary/aromatic N) is 2. The minimum Gasteiger partial charge on any atom is -0.394 e. The highest BCUT2D eigenvalue weighted by molar-refractivity contribution is 5.75. The van der Waals surface area contributed by atoms with E-state index in [9.17, 15) is 10.2 Å². The van der Waals surface area contributed by atoms with E-state index in [1.165, 1.54) is 0 Å². The zero-order chi connectivity index (χ0) is 12.7. The number of ether oxygens (including phenoxy) is 1. The fourth-order valence-electron chi connectivity index (χ4n) is 2.32. The molecule has 0 bridgehead atoms. The molecule has 0 saturated carbocycles. The van der Waals surface area contributed by atoms with Crippen molar-refractivity contribution in [2.75, 3.05) is 6.61 Å². The van der Waals surface area contributed by atoms with Gasteiger partial charge in [0.15, 0.2) is 6.23 Å². The van der Waals surface area contributed by atoms with E-state index < -0.39 is 24.5 Å². The monoisotopic (exact) mass is 250 g/mol. The number of aromatic nitrogens is 2. The van der Waals surface area contributed by atoms with Crippen molar-refractivity contribution < 1.29 is 20.1 Å². The van der Waals surface area contributed by atoms with Crippen LogP contribution < -0.4 is 0 Å². The maximum atomic E-state index is 9.96. The Morgan fingerprint density at radius 3 is 2.83 bits per heavy atom. The third-order valence-electron chi connectivity index (χ3n) is 3.28. The van der Waals surface area contributed by atoms with Crippen molar-refractivity contribution in [2.45, 2.75) is 24.5 Å². The second-order valence-corrected chi connectivity index (χ2v) is 4.36. The van der Waals surface area contributed by atoms with Gasteiger partial charge in [0, 0.05) is 12.4 Å². The SMILES string of the molecule is OC[C@H]1O[C@@H](n2ccc3ncccc32)C(O)[C@@H]1O. The Labute approximate surface area is 103 Å². The topological polar surface area (TPSA) is 87.7 Å². The lowest BCUT2D eigenvalue weighted by atomic mass is 10.1. The molecule has 6 nitrogen and oxygen atoms in total. The van der Waals surface area contributed by atoms with E-state index in [2.05, 4.69) is 4.98 Å². The normalized spacial score (nSPS) is 32.2. The molecular formula is C12H14N2O4. The van der Waals surface area contributed by atoms with Gasteiger partial charge in [-0.3, -0.25) is 4.98 Å². The zero-order valence-corrected chi connectivity index (χ0v) is 9.55. The molecule has 1 aliphatic heterocycles. The van der Waals surface area contributed by atoms with Crippen LogP contribution in [0.4, 0.5) is 0 Å². The summed E-state index contributed by atoms with van der Waals surface area (Å²) in [5, 5.41) is 28.8. The van der Waals surface area contributed by atoms with Crippen molar-refractivity contribution in [3.8, 4) is 0 Å². The highest BCUT2D eigenvalue weighted by Gasteiger charge is 2.43. The van der Waals surface area contributed by atoms with Crippen molar-refractivity contribution in [1.82, 2.24) is 9.55 Å². The highest BCUT2D eigenvalue weighted by atomic mass is 16.6. The number of hydrogen-bond acceptors (Lipinski definition) is 5. The highest BCUT2D eigenvalue weighted by Crippen LogP contribution is 2.31. The molecule has 0 radical (unpaired) electrons. The lowest BCUT2D eigenvalue weighted by Crippen LogP contribution is -2.33. The molecule has 1 fully saturated rings. The molecule has 1 saturated heterocycles. The summed E-state index contributed by atoms with van der Waals surface area (Å²) in [7, 11) is 0. The van der Waals surface area contributed by atoms with E-state index in [0.29, 0.717) is 0 Å². The molecule has 0 amide bonds. The van der Waals surface area contributed by atoms with Gasteiger partial charge in [-0.25, -0.2) is 0 Å². The first-order valence-electron chi connectivity index (χ1n) is 5.76. The molecule has 1 unspecified atom stereocenters. The first-order chi connectivity index (χ1) is 8.72. The molecule has 0 aliphatic carbocycles. The summed E-state index contributed by atoms with van der Waals surface area (Å²) in [6.07, 6.45) is -0.202. The molecule has 3 rings (SSSR count). The Kier molecular flexibility index (Phi) is 2.79. The van der Waals surface area contributed by atoms with E-state index in [1.54, 1.807) is 23.0 Å². The second kappa shape index (κ2) is 4.33. The average Bonchev–Trinajstić information content (AvgIpc) is 2.93. The number of hydrogen-bond donors (Lipinski definition) is 3. The van der Waals surface area contributed by atoms with Crippen molar-refractivity contribution in [1.29, 1.82) is 0 Å². The van der Waals surface area contributed by atoms with Gasteiger partial charge in [-0.15, -0.1) is 0 Å². The molecule has 0 aromatic carbocycles. The Balaban J connectivity index is 2.00. The summed E-state index contributed by atoms with van der Waals surface area (Å²) in [4.78, 5) is 4.19. The van der Waals surface area contributed by atoms with Gasteiger partial charge in [0.1, 0.15) is 18.3 Å². The summed E-state index contributed by atoms with van der Waals surface area (Å²) in [6.45, 7) is -0.327. The first kappa shape index (κ1) is 11.6. The molecule has 3 heterocycles. The molecule has 2 aromatic rings. The van der Waals surface area contributed by atoms with Crippen LogP contribution in [0.3, 0.4) is 0 Å². The average molecular weight is 250 g/mol. The predicted octanol–water partition coefficient (Wildman–Crippen LogP) is -0.352. The molecule has 18 heavy (non-hydrogen) atoms. The predicted molar refractivity (Wildman–Crippen MR) is 62.7 cm³/mol. The Bertz CT molecular complexity index is 556. The van der Waals surface area contributed by atoms with Crippen LogP contribution in [0.15, 0.2) is 30.6 Å². The van der Waals surface area contributed by atoms with Crippen LogP contribution in [-0.2, 0) is 4.74 Å². The van der Waals surface area contributed by atoms with Crippen molar-refractivity contribution in [3.05, 3.63) is 30.6 Å². The lowest BCUT2D eigenvalue weighted by molar-refractivity contribution is -0.0506. The van der Waals surface area contributed by atoms with Crippen LogP contribution in [0.1, 0.15) is 6.23 Å². The van der Waals surface area contributed by atoms with E-state index in [-0.39, 0.29) is 6.61 Å². The van der Waals surface area contributed by atoms with Gasteiger partial charge in [0.2, 0.25) is 0 Å². The van der Waals surface area contributed by atoms with Crippen molar-refractivity contribution >= 4 is 11.0 Å². The maximum Gasteiger partial charge on any atom is 0.163 e. The fraction of sp³-hybridized carbons (Fsp3) is 0.417. The standard InChI is InChI=1S/C12H14N2O4/c15-6-9-10(16)11(17)12(18-9)14-5-3-7-8(14)2-1-4-13-7/h1-5,9-12,15-17H,6H2/t9-,10-,11?,12-/m1/s1. The van der Waals surface area contributed by atoms with Crippen LogP contribution in [0.5, 0.6) is 0 Å². The minimum absolute atomic E-state index is 0.327. The Morgan fingerprint density at radius 1 is 1.28 bits per heavy atom. The number of rotatable bonds is 2.